The molecule has 1 saturated heterocycles. The number of esters is 2. The van der Waals surface area contributed by atoms with E-state index in [-0.39, 0.29) is 12.7 Å². The maximum atomic E-state index is 12.1. The molecule has 1 aliphatic heterocycles. The number of hydrogen-bond acceptors (Lipinski definition) is 5. The van der Waals surface area contributed by atoms with Crippen LogP contribution in [0.15, 0.2) is 36.9 Å². The van der Waals surface area contributed by atoms with Gasteiger partial charge in [0.25, 0.3) is 0 Å². The van der Waals surface area contributed by atoms with Crippen LogP contribution < -0.4 is 0 Å². The summed E-state index contributed by atoms with van der Waals surface area (Å²) in [6.45, 7) is 5.93. The lowest BCUT2D eigenvalue weighted by molar-refractivity contribution is -0.166. The minimum Gasteiger partial charge on any atom is -0.460 e. The van der Waals surface area contributed by atoms with Crippen LogP contribution in [0.1, 0.15) is 17.2 Å². The number of rotatable bonds is 6. The minimum atomic E-state index is -1.08. The highest BCUT2D eigenvalue weighted by Crippen LogP contribution is 2.23. The summed E-state index contributed by atoms with van der Waals surface area (Å²) < 4.78 is 15.2. The van der Waals surface area contributed by atoms with Crippen molar-refractivity contribution in [1.82, 2.24) is 0 Å². The largest absolute Gasteiger partial charge is 0.460 e. The van der Waals surface area contributed by atoms with Crippen molar-refractivity contribution >= 4 is 11.9 Å². The van der Waals surface area contributed by atoms with E-state index in [1.165, 1.54) is 0 Å². The molecule has 1 aromatic carbocycles. The van der Waals surface area contributed by atoms with Gasteiger partial charge in [-0.1, -0.05) is 30.8 Å². The molecule has 1 fully saturated rings. The first-order valence-corrected chi connectivity index (χ1v) is 6.28. The molecule has 0 amide bonds. The molecule has 0 saturated carbocycles. The zero-order valence-corrected chi connectivity index (χ0v) is 11.2. The van der Waals surface area contributed by atoms with E-state index in [0.717, 1.165) is 11.6 Å². The van der Waals surface area contributed by atoms with Gasteiger partial charge in [0.1, 0.15) is 12.7 Å². The van der Waals surface area contributed by atoms with Gasteiger partial charge in [0, 0.05) is 11.6 Å². The Morgan fingerprint density at radius 1 is 1.50 bits per heavy atom. The lowest BCUT2D eigenvalue weighted by atomic mass is 10.0. The molecule has 5 heteroatoms. The SMILES string of the molecule is C=CC(=O)OC(C(=O)OCC1CO1)c1ccccc1C. The third kappa shape index (κ3) is 3.68. The second kappa shape index (κ2) is 6.34. The van der Waals surface area contributed by atoms with Gasteiger partial charge in [0.15, 0.2) is 0 Å². The van der Waals surface area contributed by atoms with Gasteiger partial charge >= 0.3 is 11.9 Å². The lowest BCUT2D eigenvalue weighted by Gasteiger charge is -2.17. The Morgan fingerprint density at radius 2 is 2.20 bits per heavy atom. The smallest absolute Gasteiger partial charge is 0.352 e. The predicted octanol–water partition coefficient (Wildman–Crippen LogP) is 1.71. The fraction of sp³-hybridized carbons (Fsp3) is 0.333. The molecule has 0 spiro atoms. The van der Waals surface area contributed by atoms with Crippen molar-refractivity contribution in [3.05, 3.63) is 48.0 Å². The third-order valence-electron chi connectivity index (χ3n) is 2.90. The van der Waals surface area contributed by atoms with E-state index >= 15 is 0 Å². The van der Waals surface area contributed by atoms with Crippen LogP contribution in [-0.2, 0) is 23.8 Å². The summed E-state index contributed by atoms with van der Waals surface area (Å²) in [5.74, 6) is -1.28. The Kier molecular flexibility index (Phi) is 4.53. The van der Waals surface area contributed by atoms with E-state index in [2.05, 4.69) is 6.58 Å². The first-order chi connectivity index (χ1) is 9.61. The van der Waals surface area contributed by atoms with Crippen molar-refractivity contribution in [2.45, 2.75) is 19.1 Å². The van der Waals surface area contributed by atoms with E-state index in [4.69, 9.17) is 14.2 Å². The topological polar surface area (TPSA) is 65.1 Å². The maximum Gasteiger partial charge on any atom is 0.352 e. The van der Waals surface area contributed by atoms with Gasteiger partial charge in [0.2, 0.25) is 6.10 Å². The van der Waals surface area contributed by atoms with Crippen LogP contribution >= 0.6 is 0 Å². The Morgan fingerprint density at radius 3 is 2.80 bits per heavy atom. The van der Waals surface area contributed by atoms with Crippen LogP contribution in [0.25, 0.3) is 0 Å². The number of carbonyl (C=O) groups excluding carboxylic acids is 2. The molecule has 0 aromatic heterocycles. The molecule has 20 heavy (non-hydrogen) atoms. The maximum absolute atomic E-state index is 12.1. The summed E-state index contributed by atoms with van der Waals surface area (Å²) in [6, 6.07) is 7.18. The average Bonchev–Trinajstić information content (AvgIpc) is 3.27. The van der Waals surface area contributed by atoms with Gasteiger partial charge in [-0.15, -0.1) is 0 Å². The highest BCUT2D eigenvalue weighted by Gasteiger charge is 2.30. The normalized spacial score (nSPS) is 17.9. The second-order valence-corrected chi connectivity index (χ2v) is 4.46. The first kappa shape index (κ1) is 14.3. The Labute approximate surface area is 117 Å². The zero-order chi connectivity index (χ0) is 14.5. The number of hydrogen-bond donors (Lipinski definition) is 0. The van der Waals surface area contributed by atoms with Gasteiger partial charge in [-0.05, 0) is 12.5 Å². The van der Waals surface area contributed by atoms with Gasteiger partial charge in [-0.3, -0.25) is 0 Å². The van der Waals surface area contributed by atoms with E-state index < -0.39 is 18.0 Å². The summed E-state index contributed by atoms with van der Waals surface area (Å²) in [7, 11) is 0. The molecule has 0 N–H and O–H groups in total. The van der Waals surface area contributed by atoms with Crippen molar-refractivity contribution in [1.29, 1.82) is 0 Å². The molecule has 0 bridgehead atoms. The monoisotopic (exact) mass is 276 g/mol. The molecule has 5 nitrogen and oxygen atoms in total. The molecule has 2 rings (SSSR count). The number of aryl methyl sites for hydroxylation is 1. The molecule has 0 radical (unpaired) electrons. The van der Waals surface area contributed by atoms with E-state index in [0.29, 0.717) is 12.2 Å². The van der Waals surface area contributed by atoms with Crippen LogP contribution in [0, 0.1) is 6.92 Å². The molecule has 2 unspecified atom stereocenters. The van der Waals surface area contributed by atoms with Crippen molar-refractivity contribution < 1.29 is 23.8 Å². The van der Waals surface area contributed by atoms with Crippen molar-refractivity contribution in [3.63, 3.8) is 0 Å². The second-order valence-electron chi connectivity index (χ2n) is 4.46. The quantitative estimate of drug-likeness (QED) is 0.449. The molecule has 0 aliphatic carbocycles. The zero-order valence-electron chi connectivity index (χ0n) is 11.2. The van der Waals surface area contributed by atoms with Crippen LogP contribution in [0.3, 0.4) is 0 Å². The number of benzene rings is 1. The summed E-state index contributed by atoms with van der Waals surface area (Å²) in [4.78, 5) is 23.5. The minimum absolute atomic E-state index is 0.0356. The summed E-state index contributed by atoms with van der Waals surface area (Å²) in [5.41, 5.74) is 1.44. The molecular weight excluding hydrogens is 260 g/mol. The standard InChI is InChI=1S/C15H16O5/c1-3-13(16)20-14(12-7-5-4-6-10(12)2)15(17)19-9-11-8-18-11/h3-7,11,14H,1,8-9H2,2H3. The summed E-state index contributed by atoms with van der Waals surface area (Å²) in [6.07, 6.45) is -0.102. The summed E-state index contributed by atoms with van der Waals surface area (Å²) >= 11 is 0. The van der Waals surface area contributed by atoms with Crippen LogP contribution in [0.5, 0.6) is 0 Å². The van der Waals surface area contributed by atoms with Gasteiger partial charge in [-0.2, -0.15) is 0 Å². The van der Waals surface area contributed by atoms with E-state index in [1.807, 2.05) is 19.1 Å². The highest BCUT2D eigenvalue weighted by atomic mass is 16.6. The van der Waals surface area contributed by atoms with Gasteiger partial charge in [0.05, 0.1) is 6.61 Å². The van der Waals surface area contributed by atoms with E-state index in [1.54, 1.807) is 12.1 Å². The Bertz CT molecular complexity index is 519. The van der Waals surface area contributed by atoms with Crippen LogP contribution in [0.2, 0.25) is 0 Å². The predicted molar refractivity (Wildman–Crippen MR) is 70.9 cm³/mol. The third-order valence-corrected chi connectivity index (χ3v) is 2.90. The Hall–Kier alpha value is -2.14. The molecule has 106 valence electrons. The van der Waals surface area contributed by atoms with Gasteiger partial charge < -0.3 is 14.2 Å². The summed E-state index contributed by atoms with van der Waals surface area (Å²) in [5, 5.41) is 0. The number of ether oxygens (including phenoxy) is 3. The van der Waals surface area contributed by atoms with Crippen LogP contribution in [0.4, 0.5) is 0 Å². The fourth-order valence-corrected chi connectivity index (χ4v) is 1.70. The van der Waals surface area contributed by atoms with E-state index in [9.17, 15) is 9.59 Å². The molecule has 1 aromatic rings. The molecule has 2 atom stereocenters. The van der Waals surface area contributed by atoms with Crippen molar-refractivity contribution in [2.75, 3.05) is 13.2 Å². The number of carbonyl (C=O) groups is 2. The number of epoxide rings is 1. The average molecular weight is 276 g/mol. The first-order valence-electron chi connectivity index (χ1n) is 6.28. The molecular formula is C15H16O5. The fourth-order valence-electron chi connectivity index (χ4n) is 1.70. The van der Waals surface area contributed by atoms with Crippen molar-refractivity contribution in [2.24, 2.45) is 0 Å². The lowest BCUT2D eigenvalue weighted by Crippen LogP contribution is -2.23. The highest BCUT2D eigenvalue weighted by molar-refractivity contribution is 5.86. The molecule has 1 aliphatic rings. The molecule has 1 heterocycles. The van der Waals surface area contributed by atoms with Crippen molar-refractivity contribution in [3.8, 4) is 0 Å². The Balaban J connectivity index is 2.14. The van der Waals surface area contributed by atoms with Gasteiger partial charge in [-0.25, -0.2) is 9.59 Å². The van der Waals surface area contributed by atoms with Crippen LogP contribution in [-0.4, -0.2) is 31.3 Å².